The van der Waals surface area contributed by atoms with E-state index in [0.29, 0.717) is 5.41 Å². The summed E-state index contributed by atoms with van der Waals surface area (Å²) in [7, 11) is 0. The fourth-order valence-corrected chi connectivity index (χ4v) is 2.89. The lowest BCUT2D eigenvalue weighted by Gasteiger charge is -2.25. The smallest absolute Gasteiger partial charge is 0.0195 e. The average Bonchev–Trinajstić information content (AvgIpc) is 2.60. The maximum Gasteiger partial charge on any atom is 0.0195 e. The lowest BCUT2D eigenvalue weighted by Crippen LogP contribution is -2.38. The fourth-order valence-electron chi connectivity index (χ4n) is 2.89. The summed E-state index contributed by atoms with van der Waals surface area (Å²) < 4.78 is 0. The highest BCUT2D eigenvalue weighted by atomic mass is 15.2. The Morgan fingerprint density at radius 1 is 1.20 bits per heavy atom. The molecule has 0 bridgehead atoms. The molecular weight excluding hydrogens is 184 g/mol. The molecular formula is C13H26N2. The van der Waals surface area contributed by atoms with Gasteiger partial charge in [0.2, 0.25) is 0 Å². The summed E-state index contributed by atoms with van der Waals surface area (Å²) >= 11 is 0. The monoisotopic (exact) mass is 210 g/mol. The maximum absolute atomic E-state index is 3.60. The van der Waals surface area contributed by atoms with Crippen molar-refractivity contribution >= 4 is 0 Å². The minimum absolute atomic E-state index is 0.581. The van der Waals surface area contributed by atoms with Crippen molar-refractivity contribution in [2.45, 2.75) is 52.0 Å². The van der Waals surface area contributed by atoms with Crippen molar-refractivity contribution in [2.75, 3.05) is 26.2 Å². The van der Waals surface area contributed by atoms with E-state index in [9.17, 15) is 0 Å². The maximum atomic E-state index is 3.60. The molecule has 1 N–H and O–H groups in total. The third-order valence-corrected chi connectivity index (χ3v) is 4.07. The van der Waals surface area contributed by atoms with Gasteiger partial charge < -0.3 is 10.2 Å². The molecule has 2 saturated heterocycles. The molecule has 2 aliphatic rings. The van der Waals surface area contributed by atoms with Crippen molar-refractivity contribution < 1.29 is 0 Å². The van der Waals surface area contributed by atoms with Gasteiger partial charge in [-0.2, -0.15) is 0 Å². The lowest BCUT2D eigenvalue weighted by atomic mass is 9.85. The second-order valence-corrected chi connectivity index (χ2v) is 6.11. The number of rotatable bonds is 2. The van der Waals surface area contributed by atoms with Gasteiger partial charge in [0.05, 0.1) is 0 Å². The topological polar surface area (TPSA) is 15.3 Å². The summed E-state index contributed by atoms with van der Waals surface area (Å²) in [5.74, 6) is 0. The second-order valence-electron chi connectivity index (χ2n) is 6.11. The molecule has 2 aliphatic heterocycles. The zero-order valence-electron chi connectivity index (χ0n) is 10.4. The number of hydrogen-bond acceptors (Lipinski definition) is 2. The van der Waals surface area contributed by atoms with Gasteiger partial charge in [0.1, 0.15) is 0 Å². The predicted octanol–water partition coefficient (Wildman–Crippen LogP) is 2.25. The second kappa shape index (κ2) is 4.84. The van der Waals surface area contributed by atoms with Gasteiger partial charge in [-0.3, -0.25) is 0 Å². The first-order valence-electron chi connectivity index (χ1n) is 6.61. The van der Waals surface area contributed by atoms with E-state index in [0.717, 1.165) is 6.04 Å². The van der Waals surface area contributed by atoms with Gasteiger partial charge in [0.25, 0.3) is 0 Å². The van der Waals surface area contributed by atoms with Crippen LogP contribution in [0.15, 0.2) is 0 Å². The van der Waals surface area contributed by atoms with E-state index in [4.69, 9.17) is 0 Å². The largest absolute Gasteiger partial charge is 0.313 e. The summed E-state index contributed by atoms with van der Waals surface area (Å²) in [4.78, 5) is 2.68. The highest BCUT2D eigenvalue weighted by Crippen LogP contribution is 2.29. The first-order chi connectivity index (χ1) is 7.16. The van der Waals surface area contributed by atoms with Crippen LogP contribution < -0.4 is 5.32 Å². The molecule has 0 spiro atoms. The van der Waals surface area contributed by atoms with Crippen LogP contribution in [0.4, 0.5) is 0 Å². The van der Waals surface area contributed by atoms with E-state index in [1.54, 1.807) is 0 Å². The molecule has 1 atom stereocenters. The quantitative estimate of drug-likeness (QED) is 0.752. The molecule has 1 unspecified atom stereocenters. The molecule has 15 heavy (non-hydrogen) atoms. The van der Waals surface area contributed by atoms with Gasteiger partial charge in [-0.05, 0) is 57.2 Å². The number of nitrogens with zero attached hydrogens (tertiary/aromatic N) is 1. The van der Waals surface area contributed by atoms with Crippen molar-refractivity contribution in [2.24, 2.45) is 5.41 Å². The Kier molecular flexibility index (Phi) is 3.68. The molecule has 0 radical (unpaired) electrons. The first kappa shape index (κ1) is 11.4. The molecule has 88 valence electrons. The Labute approximate surface area is 94.4 Å². The van der Waals surface area contributed by atoms with Crippen LogP contribution in [0.2, 0.25) is 0 Å². The van der Waals surface area contributed by atoms with E-state index in [1.165, 1.54) is 58.3 Å². The van der Waals surface area contributed by atoms with Crippen LogP contribution in [0.25, 0.3) is 0 Å². The van der Waals surface area contributed by atoms with E-state index in [1.807, 2.05) is 0 Å². The molecule has 0 amide bonds. The normalized spacial score (nSPS) is 32.8. The standard InChI is InChI=1S/C13H26N2/c1-13(2)6-4-9-15(10-7-13)11-12-5-3-8-14-12/h12,14H,3-11H2,1-2H3. The Morgan fingerprint density at radius 3 is 2.80 bits per heavy atom. The number of nitrogens with one attached hydrogen (secondary N) is 1. The third-order valence-electron chi connectivity index (χ3n) is 4.07. The number of likely N-dealkylation sites (tertiary alicyclic amines) is 1. The summed E-state index contributed by atoms with van der Waals surface area (Å²) in [6.45, 7) is 10.0. The molecule has 0 aromatic carbocycles. The van der Waals surface area contributed by atoms with E-state index < -0.39 is 0 Å². The van der Waals surface area contributed by atoms with E-state index >= 15 is 0 Å². The van der Waals surface area contributed by atoms with Crippen LogP contribution in [0, 0.1) is 5.41 Å². The molecule has 2 rings (SSSR count). The van der Waals surface area contributed by atoms with Gasteiger partial charge in [0, 0.05) is 12.6 Å². The molecule has 0 aliphatic carbocycles. The van der Waals surface area contributed by atoms with Crippen LogP contribution in [-0.2, 0) is 0 Å². The van der Waals surface area contributed by atoms with E-state index in [-0.39, 0.29) is 0 Å². The molecule has 0 aromatic rings. The SMILES string of the molecule is CC1(C)CCCN(CC2CCCN2)CC1. The van der Waals surface area contributed by atoms with E-state index in [2.05, 4.69) is 24.1 Å². The Hall–Kier alpha value is -0.0800. The highest BCUT2D eigenvalue weighted by molar-refractivity contribution is 4.81. The zero-order valence-corrected chi connectivity index (χ0v) is 10.4. The molecule has 2 heteroatoms. The van der Waals surface area contributed by atoms with Crippen molar-refractivity contribution in [1.29, 1.82) is 0 Å². The molecule has 2 nitrogen and oxygen atoms in total. The van der Waals surface area contributed by atoms with Crippen molar-refractivity contribution in [1.82, 2.24) is 10.2 Å². The molecule has 0 saturated carbocycles. The van der Waals surface area contributed by atoms with Crippen molar-refractivity contribution in [3.05, 3.63) is 0 Å². The Balaban J connectivity index is 1.78. The minimum atomic E-state index is 0.581. The van der Waals surface area contributed by atoms with Gasteiger partial charge in [-0.15, -0.1) is 0 Å². The van der Waals surface area contributed by atoms with Crippen LogP contribution >= 0.6 is 0 Å². The summed E-state index contributed by atoms with van der Waals surface area (Å²) in [6, 6.07) is 0.784. The minimum Gasteiger partial charge on any atom is -0.313 e. The zero-order chi connectivity index (χ0) is 10.7. The summed E-state index contributed by atoms with van der Waals surface area (Å²) in [5, 5.41) is 3.60. The highest BCUT2D eigenvalue weighted by Gasteiger charge is 2.25. The van der Waals surface area contributed by atoms with Crippen molar-refractivity contribution in [3.8, 4) is 0 Å². The molecule has 2 heterocycles. The predicted molar refractivity (Wildman–Crippen MR) is 65.1 cm³/mol. The average molecular weight is 210 g/mol. The van der Waals surface area contributed by atoms with Crippen LogP contribution in [0.1, 0.15) is 46.0 Å². The third kappa shape index (κ3) is 3.46. The molecule has 0 aromatic heterocycles. The summed E-state index contributed by atoms with van der Waals surface area (Å²) in [5.41, 5.74) is 0.581. The van der Waals surface area contributed by atoms with Crippen LogP contribution in [0.5, 0.6) is 0 Å². The fraction of sp³-hybridized carbons (Fsp3) is 1.00. The lowest BCUT2D eigenvalue weighted by molar-refractivity contribution is 0.243. The Morgan fingerprint density at radius 2 is 2.07 bits per heavy atom. The van der Waals surface area contributed by atoms with Gasteiger partial charge >= 0.3 is 0 Å². The van der Waals surface area contributed by atoms with Crippen LogP contribution in [-0.4, -0.2) is 37.1 Å². The van der Waals surface area contributed by atoms with Crippen LogP contribution in [0.3, 0.4) is 0 Å². The number of hydrogen-bond donors (Lipinski definition) is 1. The summed E-state index contributed by atoms with van der Waals surface area (Å²) in [6.07, 6.45) is 6.94. The van der Waals surface area contributed by atoms with Gasteiger partial charge in [0.15, 0.2) is 0 Å². The van der Waals surface area contributed by atoms with Crippen molar-refractivity contribution in [3.63, 3.8) is 0 Å². The first-order valence-corrected chi connectivity index (χ1v) is 6.61. The van der Waals surface area contributed by atoms with Gasteiger partial charge in [-0.25, -0.2) is 0 Å². The molecule has 2 fully saturated rings. The Bertz CT molecular complexity index is 195. The van der Waals surface area contributed by atoms with Gasteiger partial charge in [-0.1, -0.05) is 13.8 Å².